The van der Waals surface area contributed by atoms with E-state index in [0.717, 1.165) is 38.8 Å². The fraction of sp³-hybridized carbons (Fsp3) is 0.909. The minimum atomic E-state index is -0.290. The fourth-order valence-electron chi connectivity index (χ4n) is 1.48. The van der Waals surface area contributed by atoms with Crippen LogP contribution < -0.4 is 5.73 Å². The fourth-order valence-corrected chi connectivity index (χ4v) is 1.48. The normalized spacial score (nSPS) is 12.6. The predicted molar refractivity (Wildman–Crippen MR) is 60.0 cm³/mol. The average molecular weight is 200 g/mol. The Balaban J connectivity index is 3.99. The van der Waals surface area contributed by atoms with E-state index in [4.69, 9.17) is 5.73 Å². The molecule has 0 heterocycles. The van der Waals surface area contributed by atoms with Crippen molar-refractivity contribution in [3.05, 3.63) is 0 Å². The van der Waals surface area contributed by atoms with Crippen LogP contribution in [0.4, 0.5) is 0 Å². The molecule has 0 aliphatic rings. The topological polar surface area (TPSA) is 46.3 Å². The lowest BCUT2D eigenvalue weighted by Gasteiger charge is -2.23. The quantitative estimate of drug-likeness (QED) is 0.680. The van der Waals surface area contributed by atoms with Gasteiger partial charge in [0, 0.05) is 13.1 Å². The van der Waals surface area contributed by atoms with Crippen LogP contribution in [0, 0.1) is 0 Å². The summed E-state index contributed by atoms with van der Waals surface area (Å²) >= 11 is 0. The van der Waals surface area contributed by atoms with Crippen LogP contribution in [0.3, 0.4) is 0 Å². The highest BCUT2D eigenvalue weighted by atomic mass is 16.2. The van der Waals surface area contributed by atoms with Gasteiger partial charge < -0.3 is 10.6 Å². The van der Waals surface area contributed by atoms with E-state index in [1.54, 1.807) is 0 Å². The lowest BCUT2D eigenvalue weighted by molar-refractivity contribution is -0.132. The Kier molecular flexibility index (Phi) is 7.48. The van der Waals surface area contributed by atoms with E-state index in [0.29, 0.717) is 0 Å². The number of nitrogens with zero attached hydrogens (tertiary/aromatic N) is 1. The van der Waals surface area contributed by atoms with Gasteiger partial charge in [0.1, 0.15) is 0 Å². The monoisotopic (exact) mass is 200 g/mol. The maximum atomic E-state index is 11.8. The van der Waals surface area contributed by atoms with Crippen LogP contribution in [0.2, 0.25) is 0 Å². The molecular formula is C11H24N2O. The van der Waals surface area contributed by atoms with Gasteiger partial charge in [-0.3, -0.25) is 4.79 Å². The van der Waals surface area contributed by atoms with Gasteiger partial charge in [0.25, 0.3) is 0 Å². The first-order valence-electron chi connectivity index (χ1n) is 5.71. The van der Waals surface area contributed by atoms with Crippen molar-refractivity contribution in [2.24, 2.45) is 5.73 Å². The summed E-state index contributed by atoms with van der Waals surface area (Å²) in [5.41, 5.74) is 5.82. The Morgan fingerprint density at radius 2 is 1.93 bits per heavy atom. The summed E-state index contributed by atoms with van der Waals surface area (Å²) in [4.78, 5) is 13.6. The zero-order valence-electron chi connectivity index (χ0n) is 9.75. The van der Waals surface area contributed by atoms with E-state index in [1.807, 2.05) is 11.8 Å². The second kappa shape index (κ2) is 7.80. The molecule has 3 nitrogen and oxygen atoms in total. The largest absolute Gasteiger partial charge is 0.342 e. The Morgan fingerprint density at radius 3 is 2.36 bits per heavy atom. The third-order valence-corrected chi connectivity index (χ3v) is 2.37. The molecule has 0 radical (unpaired) electrons. The molecule has 0 rings (SSSR count). The summed E-state index contributed by atoms with van der Waals surface area (Å²) < 4.78 is 0. The molecule has 0 aromatic carbocycles. The molecule has 0 saturated carbocycles. The lowest BCUT2D eigenvalue weighted by Crippen LogP contribution is -2.43. The van der Waals surface area contributed by atoms with Gasteiger partial charge in [-0.1, -0.05) is 26.7 Å². The minimum absolute atomic E-state index is 0.114. The highest BCUT2D eigenvalue weighted by Gasteiger charge is 2.18. The molecule has 0 unspecified atom stereocenters. The molecule has 0 spiro atoms. The second-order valence-corrected chi connectivity index (χ2v) is 3.67. The number of nitrogens with two attached hydrogens (primary N) is 1. The van der Waals surface area contributed by atoms with Crippen molar-refractivity contribution < 1.29 is 4.79 Å². The van der Waals surface area contributed by atoms with Gasteiger partial charge >= 0.3 is 0 Å². The third-order valence-electron chi connectivity index (χ3n) is 2.37. The molecule has 0 fully saturated rings. The van der Waals surface area contributed by atoms with Gasteiger partial charge in [-0.2, -0.15) is 0 Å². The third kappa shape index (κ3) is 4.61. The molecule has 84 valence electrons. The number of carbonyl (C=O) groups is 1. The van der Waals surface area contributed by atoms with Crippen LogP contribution in [0.15, 0.2) is 0 Å². The summed E-state index contributed by atoms with van der Waals surface area (Å²) in [5, 5.41) is 0. The van der Waals surface area contributed by atoms with E-state index in [2.05, 4.69) is 13.8 Å². The van der Waals surface area contributed by atoms with Crippen LogP contribution in [-0.4, -0.2) is 29.9 Å². The van der Waals surface area contributed by atoms with E-state index < -0.39 is 0 Å². The zero-order chi connectivity index (χ0) is 11.0. The van der Waals surface area contributed by atoms with Crippen LogP contribution in [0.1, 0.15) is 46.5 Å². The first kappa shape index (κ1) is 13.4. The minimum Gasteiger partial charge on any atom is -0.342 e. The van der Waals surface area contributed by atoms with Crippen molar-refractivity contribution in [1.29, 1.82) is 0 Å². The molecular weight excluding hydrogens is 176 g/mol. The van der Waals surface area contributed by atoms with Crippen molar-refractivity contribution in [2.45, 2.75) is 52.5 Å². The molecule has 0 saturated heterocycles. The van der Waals surface area contributed by atoms with Gasteiger partial charge in [0.05, 0.1) is 6.04 Å². The Bertz CT molecular complexity index is 159. The van der Waals surface area contributed by atoms with Crippen LogP contribution in [-0.2, 0) is 4.79 Å². The molecule has 0 bridgehead atoms. The van der Waals surface area contributed by atoms with Crippen molar-refractivity contribution in [3.63, 3.8) is 0 Å². The molecule has 1 atom stereocenters. The van der Waals surface area contributed by atoms with Gasteiger partial charge in [-0.25, -0.2) is 0 Å². The molecule has 3 heteroatoms. The number of hydrogen-bond acceptors (Lipinski definition) is 2. The maximum absolute atomic E-state index is 11.8. The first-order chi connectivity index (χ1) is 6.67. The van der Waals surface area contributed by atoms with Crippen molar-refractivity contribution in [2.75, 3.05) is 13.1 Å². The summed E-state index contributed by atoms with van der Waals surface area (Å²) in [6, 6.07) is -0.290. The highest BCUT2D eigenvalue weighted by molar-refractivity contribution is 5.81. The SMILES string of the molecule is CCCC[C@H](N)C(=O)N(CC)CCC. The predicted octanol–water partition coefficient (Wildman–Crippen LogP) is 1.76. The second-order valence-electron chi connectivity index (χ2n) is 3.67. The molecule has 0 aromatic heterocycles. The van der Waals surface area contributed by atoms with Crippen molar-refractivity contribution in [3.8, 4) is 0 Å². The highest BCUT2D eigenvalue weighted by Crippen LogP contribution is 2.03. The summed E-state index contributed by atoms with van der Waals surface area (Å²) in [6.45, 7) is 7.79. The molecule has 1 amide bonds. The van der Waals surface area contributed by atoms with Crippen LogP contribution >= 0.6 is 0 Å². The number of hydrogen-bond donors (Lipinski definition) is 1. The number of likely N-dealkylation sites (N-methyl/N-ethyl adjacent to an activating group) is 1. The first-order valence-corrected chi connectivity index (χ1v) is 5.71. The maximum Gasteiger partial charge on any atom is 0.239 e. The standard InChI is InChI=1S/C11H24N2O/c1-4-7-8-10(12)11(14)13(6-3)9-5-2/h10H,4-9,12H2,1-3H3/t10-/m0/s1. The van der Waals surface area contributed by atoms with Crippen molar-refractivity contribution in [1.82, 2.24) is 4.90 Å². The van der Waals surface area contributed by atoms with Gasteiger partial charge in [-0.15, -0.1) is 0 Å². The molecule has 2 N–H and O–H groups in total. The Labute approximate surface area is 87.6 Å². The number of unbranched alkanes of at least 4 members (excludes halogenated alkanes) is 1. The number of amides is 1. The summed E-state index contributed by atoms with van der Waals surface area (Å²) in [5.74, 6) is 0.114. The Morgan fingerprint density at radius 1 is 1.29 bits per heavy atom. The van der Waals surface area contributed by atoms with E-state index >= 15 is 0 Å². The lowest BCUT2D eigenvalue weighted by atomic mass is 10.1. The van der Waals surface area contributed by atoms with E-state index in [9.17, 15) is 4.79 Å². The van der Waals surface area contributed by atoms with Gasteiger partial charge in [0.2, 0.25) is 5.91 Å². The zero-order valence-corrected chi connectivity index (χ0v) is 9.75. The molecule has 0 aromatic rings. The summed E-state index contributed by atoms with van der Waals surface area (Å²) in [6.07, 6.45) is 3.95. The summed E-state index contributed by atoms with van der Waals surface area (Å²) in [7, 11) is 0. The van der Waals surface area contributed by atoms with Crippen molar-refractivity contribution >= 4 is 5.91 Å². The number of rotatable bonds is 7. The van der Waals surface area contributed by atoms with Gasteiger partial charge in [-0.05, 0) is 19.8 Å². The van der Waals surface area contributed by atoms with Gasteiger partial charge in [0.15, 0.2) is 0 Å². The Hall–Kier alpha value is -0.570. The molecule has 14 heavy (non-hydrogen) atoms. The van der Waals surface area contributed by atoms with E-state index in [-0.39, 0.29) is 11.9 Å². The molecule has 0 aliphatic heterocycles. The smallest absolute Gasteiger partial charge is 0.239 e. The average Bonchev–Trinajstić information content (AvgIpc) is 2.21. The van der Waals surface area contributed by atoms with E-state index in [1.165, 1.54) is 0 Å². The van der Waals surface area contributed by atoms with Crippen LogP contribution in [0.5, 0.6) is 0 Å². The van der Waals surface area contributed by atoms with Crippen LogP contribution in [0.25, 0.3) is 0 Å². The molecule has 0 aliphatic carbocycles. The number of carbonyl (C=O) groups excluding carboxylic acids is 1.